The zero-order chi connectivity index (χ0) is 17.3. The Hall–Kier alpha value is -0.523. The van der Waals surface area contributed by atoms with Gasteiger partial charge in [0, 0.05) is 5.56 Å². The summed E-state index contributed by atoms with van der Waals surface area (Å²) in [6.45, 7) is 17.7. The molecule has 0 saturated heterocycles. The number of carbonyl (C=O) groups is 1. The van der Waals surface area contributed by atoms with Crippen LogP contribution in [0.5, 0.6) is 0 Å². The number of aromatic nitrogens is 1. The van der Waals surface area contributed by atoms with Crippen molar-refractivity contribution in [3.63, 3.8) is 0 Å². The summed E-state index contributed by atoms with van der Waals surface area (Å²) in [6, 6.07) is 3.70. The van der Waals surface area contributed by atoms with Crippen molar-refractivity contribution in [2.24, 2.45) is 5.41 Å². The third kappa shape index (κ3) is 4.49. The SMILES string of the molecule is CC(C)(C)[C@@H](O[Si](C)(C)C(C)(C)C)c1ccc(C=O)c(Br)n1. The molecule has 3 nitrogen and oxygen atoms in total. The van der Waals surface area contributed by atoms with Crippen LogP contribution in [0.25, 0.3) is 0 Å². The molecule has 0 aliphatic carbocycles. The van der Waals surface area contributed by atoms with E-state index in [1.165, 1.54) is 0 Å². The van der Waals surface area contributed by atoms with Crippen LogP contribution in [0.4, 0.5) is 0 Å². The monoisotopic (exact) mass is 385 g/mol. The van der Waals surface area contributed by atoms with Crippen molar-refractivity contribution in [2.75, 3.05) is 0 Å². The van der Waals surface area contributed by atoms with Crippen LogP contribution in [0.3, 0.4) is 0 Å². The van der Waals surface area contributed by atoms with Gasteiger partial charge >= 0.3 is 0 Å². The van der Waals surface area contributed by atoms with E-state index in [1.807, 2.05) is 6.07 Å². The molecule has 1 atom stereocenters. The molecule has 124 valence electrons. The van der Waals surface area contributed by atoms with Crippen molar-refractivity contribution in [3.05, 3.63) is 28.0 Å². The Bertz CT molecular complexity index is 545. The lowest BCUT2D eigenvalue weighted by atomic mass is 9.87. The number of hydrogen-bond donors (Lipinski definition) is 0. The number of rotatable bonds is 4. The van der Waals surface area contributed by atoms with Gasteiger partial charge in [0.2, 0.25) is 0 Å². The Morgan fingerprint density at radius 3 is 2.09 bits per heavy atom. The molecule has 0 aliphatic heterocycles. The smallest absolute Gasteiger partial charge is 0.193 e. The summed E-state index contributed by atoms with van der Waals surface area (Å²) in [6.07, 6.45) is 0.701. The van der Waals surface area contributed by atoms with Crippen molar-refractivity contribution >= 4 is 30.5 Å². The highest BCUT2D eigenvalue weighted by atomic mass is 79.9. The number of aldehydes is 1. The first-order valence-electron chi connectivity index (χ1n) is 7.59. The zero-order valence-corrected chi connectivity index (χ0v) is 17.5. The van der Waals surface area contributed by atoms with Gasteiger partial charge in [0.15, 0.2) is 14.6 Å². The first-order valence-corrected chi connectivity index (χ1v) is 11.3. The predicted molar refractivity (Wildman–Crippen MR) is 97.8 cm³/mol. The number of hydrogen-bond acceptors (Lipinski definition) is 3. The van der Waals surface area contributed by atoms with Gasteiger partial charge in [0.05, 0.1) is 11.8 Å². The maximum atomic E-state index is 11.0. The molecule has 5 heteroatoms. The molecule has 1 rings (SSSR count). The second kappa shape index (κ2) is 6.54. The molecule has 0 N–H and O–H groups in total. The fourth-order valence-electron chi connectivity index (χ4n) is 1.85. The molecule has 0 bridgehead atoms. The summed E-state index contributed by atoms with van der Waals surface area (Å²) in [5.74, 6) is 0. The molecule has 0 saturated carbocycles. The van der Waals surface area contributed by atoms with E-state index < -0.39 is 8.32 Å². The van der Waals surface area contributed by atoms with Crippen LogP contribution < -0.4 is 0 Å². The molecule has 22 heavy (non-hydrogen) atoms. The highest BCUT2D eigenvalue weighted by Crippen LogP contribution is 2.44. The average molecular weight is 386 g/mol. The minimum absolute atomic E-state index is 0.0787. The predicted octanol–water partition coefficient (Wildman–Crippen LogP) is 5.77. The number of carbonyl (C=O) groups excluding carboxylic acids is 1. The summed E-state index contributed by atoms with van der Waals surface area (Å²) >= 11 is 3.37. The van der Waals surface area contributed by atoms with Gasteiger partial charge in [-0.3, -0.25) is 4.79 Å². The van der Waals surface area contributed by atoms with Crippen LogP contribution >= 0.6 is 15.9 Å². The van der Waals surface area contributed by atoms with Crippen LogP contribution in [-0.4, -0.2) is 19.6 Å². The summed E-state index contributed by atoms with van der Waals surface area (Å²) in [7, 11) is -1.92. The van der Waals surface area contributed by atoms with Crippen LogP contribution in [0.15, 0.2) is 16.7 Å². The topological polar surface area (TPSA) is 39.2 Å². The molecule has 1 aromatic rings. The van der Waals surface area contributed by atoms with Crippen molar-refractivity contribution in [3.8, 4) is 0 Å². The van der Waals surface area contributed by atoms with E-state index in [1.54, 1.807) is 6.07 Å². The van der Waals surface area contributed by atoms with Crippen LogP contribution in [0.2, 0.25) is 18.1 Å². The summed E-state index contributed by atoms with van der Waals surface area (Å²) in [5.41, 5.74) is 1.35. The van der Waals surface area contributed by atoms with E-state index >= 15 is 0 Å². The van der Waals surface area contributed by atoms with Gasteiger partial charge in [0.25, 0.3) is 0 Å². The summed E-state index contributed by atoms with van der Waals surface area (Å²) < 4.78 is 7.23. The standard InChI is InChI=1S/C17H28BrNO2Si/c1-16(2,3)14(21-22(7,8)17(4,5)6)13-10-9-12(11-20)15(18)19-13/h9-11,14H,1-8H3/t14-/m0/s1. The molecule has 0 aliphatic rings. The Kier molecular flexibility index (Phi) is 5.80. The van der Waals surface area contributed by atoms with E-state index in [0.29, 0.717) is 10.2 Å². The maximum absolute atomic E-state index is 11.0. The second-order valence-electron chi connectivity index (χ2n) is 8.36. The third-order valence-corrected chi connectivity index (χ3v) is 9.37. The van der Waals surface area contributed by atoms with Crippen molar-refractivity contribution < 1.29 is 9.22 Å². The van der Waals surface area contributed by atoms with E-state index in [9.17, 15) is 4.79 Å². The third-order valence-electron chi connectivity index (χ3n) is 4.30. The van der Waals surface area contributed by atoms with Gasteiger partial charge in [-0.2, -0.15) is 0 Å². The van der Waals surface area contributed by atoms with E-state index in [4.69, 9.17) is 4.43 Å². The van der Waals surface area contributed by atoms with E-state index in [0.717, 1.165) is 12.0 Å². The number of nitrogens with zero attached hydrogens (tertiary/aromatic N) is 1. The largest absolute Gasteiger partial charge is 0.408 e. The quantitative estimate of drug-likeness (QED) is 0.375. The van der Waals surface area contributed by atoms with Crippen molar-refractivity contribution in [1.82, 2.24) is 4.98 Å². The summed E-state index contributed by atoms with van der Waals surface area (Å²) in [4.78, 5) is 15.5. The van der Waals surface area contributed by atoms with Gasteiger partial charge in [-0.15, -0.1) is 0 Å². The molecule has 0 radical (unpaired) electrons. The molecule has 0 fully saturated rings. The normalized spacial score (nSPS) is 14.8. The second-order valence-corrected chi connectivity index (χ2v) is 13.9. The number of pyridine rings is 1. The lowest BCUT2D eigenvalue weighted by molar-refractivity contribution is 0.0688. The van der Waals surface area contributed by atoms with Gasteiger partial charge in [-0.1, -0.05) is 41.5 Å². The van der Waals surface area contributed by atoms with Crippen molar-refractivity contribution in [2.45, 2.75) is 65.8 Å². The average Bonchev–Trinajstić information content (AvgIpc) is 2.33. The lowest BCUT2D eigenvalue weighted by Crippen LogP contribution is -2.44. The number of halogens is 1. The molecule has 0 amide bonds. The van der Waals surface area contributed by atoms with Crippen molar-refractivity contribution in [1.29, 1.82) is 0 Å². The van der Waals surface area contributed by atoms with Gasteiger partial charge in [0.1, 0.15) is 4.60 Å². The summed E-state index contributed by atoms with van der Waals surface area (Å²) in [5, 5.41) is 0.135. The Balaban J connectivity index is 3.26. The van der Waals surface area contributed by atoms with Gasteiger partial charge < -0.3 is 4.43 Å². The fourth-order valence-corrected chi connectivity index (χ4v) is 3.69. The Morgan fingerprint density at radius 2 is 1.73 bits per heavy atom. The molecular formula is C17H28BrNO2Si. The Morgan fingerprint density at radius 1 is 1.18 bits per heavy atom. The Labute approximate surface area is 144 Å². The fraction of sp³-hybridized carbons (Fsp3) is 0.647. The minimum atomic E-state index is -1.92. The highest BCUT2D eigenvalue weighted by Gasteiger charge is 2.42. The first kappa shape index (κ1) is 19.5. The highest BCUT2D eigenvalue weighted by molar-refractivity contribution is 9.10. The molecule has 0 spiro atoms. The molecule has 1 heterocycles. The minimum Gasteiger partial charge on any atom is -0.408 e. The van der Waals surface area contributed by atoms with Gasteiger partial charge in [-0.25, -0.2) is 4.98 Å². The lowest BCUT2D eigenvalue weighted by Gasteiger charge is -2.43. The van der Waals surface area contributed by atoms with Crippen LogP contribution in [-0.2, 0) is 4.43 Å². The maximum Gasteiger partial charge on any atom is 0.193 e. The molecule has 0 unspecified atom stereocenters. The first-order chi connectivity index (χ1) is 9.79. The van der Waals surface area contributed by atoms with E-state index in [-0.39, 0.29) is 16.6 Å². The molecule has 0 aromatic carbocycles. The van der Waals surface area contributed by atoms with Gasteiger partial charge in [-0.05, 0) is 51.6 Å². The zero-order valence-electron chi connectivity index (χ0n) is 15.0. The van der Waals surface area contributed by atoms with E-state index in [2.05, 4.69) is 75.6 Å². The van der Waals surface area contributed by atoms with Crippen LogP contribution in [0.1, 0.15) is 63.7 Å². The van der Waals surface area contributed by atoms with Crippen LogP contribution in [0, 0.1) is 5.41 Å². The molecule has 1 aromatic heterocycles. The molecular weight excluding hydrogens is 358 g/mol.